The fourth-order valence-electron chi connectivity index (χ4n) is 3.00. The Bertz CT molecular complexity index is 1330. The molecule has 0 heterocycles. The second kappa shape index (κ2) is 15.7. The molecular weight excluding hydrogens is 717 g/mol. The van der Waals surface area contributed by atoms with Crippen LogP contribution in [0, 0.1) is 5.82 Å². The fraction of sp³-hybridized carbons (Fsp3) is 0.444. The van der Waals surface area contributed by atoms with E-state index >= 15 is 0 Å². The number of hydrogen-bond donors (Lipinski definition) is 4. The summed E-state index contributed by atoms with van der Waals surface area (Å²) in [5.74, 6) is -5.70. The summed E-state index contributed by atoms with van der Waals surface area (Å²) in [4.78, 5) is 11.4. The lowest BCUT2D eigenvalue weighted by Crippen LogP contribution is -2.66. The first-order valence-corrected chi connectivity index (χ1v) is 13.3. The number of para-hydroxylation sites is 1. The molecule has 0 radical (unpaired) electrons. The SMILES string of the molecule is C=C(Nc1c(F)cccc1Cl)NC(C)(C(C)(F)F)C(F)(F)F.CC.CC(NC(=O)Nc1cccc(C(F)(F)F)c1)(C(F)(F)F)C(F)(F)F. The molecule has 0 bridgehead atoms. The van der Waals surface area contributed by atoms with Gasteiger partial charge in [0.05, 0.1) is 22.1 Å². The minimum Gasteiger partial charge on any atom is -0.354 e. The predicted octanol–water partition coefficient (Wildman–Crippen LogP) is 10.7. The molecule has 2 aromatic carbocycles. The van der Waals surface area contributed by atoms with E-state index in [9.17, 15) is 70.7 Å². The number of nitrogens with one attached hydrogen (secondary N) is 4. The van der Waals surface area contributed by atoms with Gasteiger partial charge in [-0.15, -0.1) is 0 Å². The smallest absolute Gasteiger partial charge is 0.354 e. The summed E-state index contributed by atoms with van der Waals surface area (Å²) in [6.45, 7) is 7.26. The van der Waals surface area contributed by atoms with Crippen molar-refractivity contribution in [3.63, 3.8) is 0 Å². The van der Waals surface area contributed by atoms with Gasteiger partial charge in [0, 0.05) is 12.6 Å². The Hall–Kier alpha value is -3.71. The molecule has 2 aromatic rings. The molecule has 0 aliphatic rings. The van der Waals surface area contributed by atoms with E-state index < -0.39 is 70.6 Å². The normalized spacial score (nSPS) is 13.9. The molecule has 0 aliphatic carbocycles. The molecule has 1 unspecified atom stereocenters. The van der Waals surface area contributed by atoms with Gasteiger partial charge in [-0.2, -0.15) is 52.7 Å². The Kier molecular flexibility index (Phi) is 14.5. The van der Waals surface area contributed by atoms with Crippen molar-refractivity contribution in [2.75, 3.05) is 10.6 Å². The van der Waals surface area contributed by atoms with Crippen LogP contribution in [-0.2, 0) is 6.18 Å². The van der Waals surface area contributed by atoms with Crippen LogP contribution in [0.3, 0.4) is 0 Å². The number of benzene rings is 2. The third kappa shape index (κ3) is 11.2. The largest absolute Gasteiger partial charge is 0.420 e. The van der Waals surface area contributed by atoms with Gasteiger partial charge in [0.2, 0.25) is 5.54 Å². The third-order valence-corrected chi connectivity index (χ3v) is 6.34. The van der Waals surface area contributed by atoms with Crippen LogP contribution < -0.4 is 21.3 Å². The lowest BCUT2D eigenvalue weighted by atomic mass is 9.94. The number of carbonyl (C=O) groups is 1. The Balaban J connectivity index is 0.000000878. The molecule has 5 nitrogen and oxygen atoms in total. The van der Waals surface area contributed by atoms with Gasteiger partial charge in [-0.25, -0.2) is 18.0 Å². The average molecular weight is 745 g/mol. The fourth-order valence-corrected chi connectivity index (χ4v) is 3.21. The average Bonchev–Trinajstić information content (AvgIpc) is 2.89. The number of alkyl halides is 14. The molecule has 21 heteroatoms. The Labute approximate surface area is 268 Å². The highest BCUT2D eigenvalue weighted by Crippen LogP contribution is 2.43. The molecule has 2 amide bonds. The van der Waals surface area contributed by atoms with Gasteiger partial charge >= 0.3 is 30.7 Å². The quantitative estimate of drug-likeness (QED) is 0.214. The number of anilines is 2. The number of halogens is 16. The molecule has 0 saturated heterocycles. The van der Waals surface area contributed by atoms with Gasteiger partial charge in [0.15, 0.2) is 5.54 Å². The molecule has 1 atom stereocenters. The molecular formula is C27H28ClF15N4O. The first-order chi connectivity index (χ1) is 21.4. The summed E-state index contributed by atoms with van der Waals surface area (Å²) in [7, 11) is 0. The monoisotopic (exact) mass is 744 g/mol. The van der Waals surface area contributed by atoms with E-state index in [1.165, 1.54) is 17.4 Å². The van der Waals surface area contributed by atoms with Crippen LogP contribution >= 0.6 is 11.6 Å². The van der Waals surface area contributed by atoms with Gasteiger partial charge in [-0.3, -0.25) is 0 Å². The minimum absolute atomic E-state index is 0.122. The molecule has 0 spiro atoms. The maximum atomic E-state index is 13.5. The second-order valence-electron chi connectivity index (χ2n) is 9.61. The van der Waals surface area contributed by atoms with Crippen molar-refractivity contribution in [2.45, 2.75) is 76.3 Å². The summed E-state index contributed by atoms with van der Waals surface area (Å²) in [5.41, 5.74) is -10.4. The van der Waals surface area contributed by atoms with Crippen molar-refractivity contribution in [1.82, 2.24) is 10.6 Å². The van der Waals surface area contributed by atoms with Crippen molar-refractivity contribution < 1.29 is 70.7 Å². The van der Waals surface area contributed by atoms with E-state index in [4.69, 9.17) is 11.6 Å². The van der Waals surface area contributed by atoms with Crippen molar-refractivity contribution >= 4 is 29.0 Å². The Morgan fingerprint density at radius 1 is 0.688 bits per heavy atom. The van der Waals surface area contributed by atoms with E-state index in [2.05, 4.69) is 11.9 Å². The van der Waals surface area contributed by atoms with Crippen LogP contribution in [0.25, 0.3) is 0 Å². The maximum Gasteiger partial charge on any atom is 0.420 e. The van der Waals surface area contributed by atoms with Crippen molar-refractivity contribution in [2.24, 2.45) is 0 Å². The zero-order valence-corrected chi connectivity index (χ0v) is 26.0. The summed E-state index contributed by atoms with van der Waals surface area (Å²) < 4.78 is 192. The van der Waals surface area contributed by atoms with Gasteiger partial charge < -0.3 is 21.3 Å². The molecule has 2 rings (SSSR count). The van der Waals surface area contributed by atoms with Crippen LogP contribution in [0.2, 0.25) is 5.02 Å². The summed E-state index contributed by atoms with van der Waals surface area (Å²) in [6.07, 6.45) is -21.8. The zero-order valence-electron chi connectivity index (χ0n) is 25.2. The minimum atomic E-state index is -5.88. The highest BCUT2D eigenvalue weighted by Gasteiger charge is 2.69. The first kappa shape index (κ1) is 44.3. The highest BCUT2D eigenvalue weighted by molar-refractivity contribution is 6.33. The van der Waals surface area contributed by atoms with Crippen LogP contribution in [0.15, 0.2) is 54.9 Å². The zero-order chi connectivity index (χ0) is 38.3. The van der Waals surface area contributed by atoms with Crippen LogP contribution in [0.1, 0.15) is 40.2 Å². The van der Waals surface area contributed by atoms with E-state index in [1.807, 2.05) is 13.8 Å². The maximum absolute atomic E-state index is 13.5. The van der Waals surface area contributed by atoms with E-state index in [0.29, 0.717) is 17.4 Å². The Morgan fingerprint density at radius 3 is 1.54 bits per heavy atom. The van der Waals surface area contributed by atoms with Gasteiger partial charge in [0.25, 0.3) is 5.92 Å². The number of rotatable bonds is 7. The molecule has 0 aliphatic heterocycles. The van der Waals surface area contributed by atoms with Crippen LogP contribution in [0.4, 0.5) is 82.0 Å². The molecule has 0 saturated carbocycles. The Morgan fingerprint density at radius 2 is 1.15 bits per heavy atom. The molecule has 48 heavy (non-hydrogen) atoms. The van der Waals surface area contributed by atoms with E-state index in [1.54, 1.807) is 5.32 Å². The van der Waals surface area contributed by atoms with Crippen LogP contribution in [-0.4, -0.2) is 41.6 Å². The van der Waals surface area contributed by atoms with Gasteiger partial charge in [-0.05, 0) is 44.2 Å². The van der Waals surface area contributed by atoms with Gasteiger partial charge in [-0.1, -0.05) is 44.2 Å². The molecule has 0 fully saturated rings. The van der Waals surface area contributed by atoms with Crippen molar-refractivity contribution in [1.29, 1.82) is 0 Å². The van der Waals surface area contributed by atoms with Crippen molar-refractivity contribution in [3.05, 3.63) is 71.3 Å². The first-order valence-electron chi connectivity index (χ1n) is 12.9. The van der Waals surface area contributed by atoms with Crippen molar-refractivity contribution in [3.8, 4) is 0 Å². The standard InChI is InChI=1S/C13H13ClF6N2.C12H9F9N2O.C2H6/c1-7(21-10-8(14)5-4-6-9(10)15)22-11(2,12(3,16)17)13(18,19)20;1-9(11(16,17)18,12(19,20)21)23-8(24)22-7-4-2-3-6(5-7)10(13,14)15;1-2/h4-6,21-22H,1H2,2-3H3;2-5H,1H3,(H2,22,23,24);1-2H3. The molecule has 4 N–H and O–H groups in total. The van der Waals surface area contributed by atoms with Crippen LogP contribution in [0.5, 0.6) is 0 Å². The third-order valence-electron chi connectivity index (χ3n) is 6.03. The summed E-state index contributed by atoms with van der Waals surface area (Å²) in [6, 6.07) is 4.25. The highest BCUT2D eigenvalue weighted by atomic mass is 35.5. The summed E-state index contributed by atoms with van der Waals surface area (Å²) in [5, 5.41) is 5.77. The van der Waals surface area contributed by atoms with E-state index in [0.717, 1.165) is 18.2 Å². The molecule has 0 aromatic heterocycles. The number of carbonyl (C=O) groups excluding carboxylic acids is 1. The number of amides is 2. The predicted molar refractivity (Wildman–Crippen MR) is 148 cm³/mol. The topological polar surface area (TPSA) is 65.2 Å². The number of hydrogen-bond acceptors (Lipinski definition) is 3. The molecule has 274 valence electrons. The lowest BCUT2D eigenvalue weighted by molar-refractivity contribution is -0.297. The number of urea groups is 1. The van der Waals surface area contributed by atoms with Gasteiger partial charge in [0.1, 0.15) is 5.82 Å². The lowest BCUT2D eigenvalue weighted by Gasteiger charge is -2.38. The van der Waals surface area contributed by atoms with E-state index in [-0.39, 0.29) is 31.5 Å². The second-order valence-corrected chi connectivity index (χ2v) is 10.0. The summed E-state index contributed by atoms with van der Waals surface area (Å²) >= 11 is 5.68.